The molecule has 8 heteroatoms. The van der Waals surface area contributed by atoms with Crippen LogP contribution in [0, 0.1) is 5.92 Å². The highest BCUT2D eigenvalue weighted by Gasteiger charge is 2.30. The van der Waals surface area contributed by atoms with Crippen LogP contribution in [0.25, 0.3) is 22.5 Å². The molecule has 1 amide bonds. The summed E-state index contributed by atoms with van der Waals surface area (Å²) in [7, 11) is 1.92. The number of amides is 1. The van der Waals surface area contributed by atoms with Gasteiger partial charge in [0.15, 0.2) is 5.82 Å². The van der Waals surface area contributed by atoms with E-state index in [0.29, 0.717) is 29.0 Å². The Labute approximate surface area is 221 Å². The van der Waals surface area contributed by atoms with Crippen molar-refractivity contribution in [3.05, 3.63) is 82.8 Å². The fourth-order valence-electron chi connectivity index (χ4n) is 5.56. The molecule has 1 atom stereocenters. The molecule has 0 unspecified atom stereocenters. The van der Waals surface area contributed by atoms with Crippen LogP contribution in [0.4, 0.5) is 5.82 Å². The highest BCUT2D eigenvalue weighted by molar-refractivity contribution is 6.29. The zero-order valence-electron chi connectivity index (χ0n) is 21.1. The number of hydrogen-bond acceptors (Lipinski definition) is 5. The molecule has 37 heavy (non-hydrogen) atoms. The highest BCUT2D eigenvalue weighted by Crippen LogP contribution is 2.35. The van der Waals surface area contributed by atoms with Crippen LogP contribution in [0.5, 0.6) is 0 Å². The summed E-state index contributed by atoms with van der Waals surface area (Å²) < 4.78 is 1.89. The van der Waals surface area contributed by atoms with Gasteiger partial charge in [0.2, 0.25) is 0 Å². The van der Waals surface area contributed by atoms with Gasteiger partial charge in [-0.3, -0.25) is 14.6 Å². The molecule has 4 heterocycles. The number of aryl methyl sites for hydroxylation is 1. The van der Waals surface area contributed by atoms with E-state index >= 15 is 0 Å². The molecule has 2 aromatic carbocycles. The Morgan fingerprint density at radius 3 is 2.68 bits per heavy atom. The van der Waals surface area contributed by atoms with E-state index in [0.717, 1.165) is 53.3 Å². The third kappa shape index (κ3) is 4.65. The fraction of sp³-hybridized carbons (Fsp3) is 0.310. The lowest BCUT2D eigenvalue weighted by Crippen LogP contribution is -2.33. The van der Waals surface area contributed by atoms with Gasteiger partial charge in [-0.1, -0.05) is 54.9 Å². The minimum Gasteiger partial charge on any atom is -0.317 e. The van der Waals surface area contributed by atoms with E-state index in [9.17, 15) is 4.79 Å². The first kappa shape index (κ1) is 23.8. The van der Waals surface area contributed by atoms with Gasteiger partial charge >= 0.3 is 0 Å². The second-order valence-corrected chi connectivity index (χ2v) is 10.6. The Bertz CT molecular complexity index is 1480. The largest absolute Gasteiger partial charge is 0.317 e. The summed E-state index contributed by atoms with van der Waals surface area (Å²) in [6.07, 6.45) is 4.19. The minimum absolute atomic E-state index is 0.0553. The summed E-state index contributed by atoms with van der Waals surface area (Å²) in [5.74, 6) is 2.03. The Hall–Kier alpha value is -3.55. The number of benzene rings is 2. The maximum absolute atomic E-state index is 13.6. The van der Waals surface area contributed by atoms with Gasteiger partial charge in [-0.2, -0.15) is 0 Å². The number of carbonyl (C=O) groups is 1. The molecule has 0 N–H and O–H groups in total. The van der Waals surface area contributed by atoms with Gasteiger partial charge in [0.05, 0.1) is 6.54 Å². The molecule has 0 spiro atoms. The first-order valence-electron chi connectivity index (χ1n) is 12.7. The molecule has 7 nitrogen and oxygen atoms in total. The van der Waals surface area contributed by atoms with Crippen molar-refractivity contribution in [3.8, 4) is 22.5 Å². The predicted octanol–water partition coefficient (Wildman–Crippen LogP) is 5.59. The van der Waals surface area contributed by atoms with Crippen LogP contribution in [0.3, 0.4) is 0 Å². The topological polar surface area (TPSA) is 67.2 Å². The number of anilines is 1. The molecule has 188 valence electrons. The average Bonchev–Trinajstić information content (AvgIpc) is 3.46. The summed E-state index contributed by atoms with van der Waals surface area (Å²) in [6, 6.07) is 18.1. The summed E-state index contributed by atoms with van der Waals surface area (Å²) in [6.45, 7) is 5.77. The Morgan fingerprint density at radius 2 is 1.89 bits per heavy atom. The third-order valence-corrected chi connectivity index (χ3v) is 7.56. The molecule has 1 fully saturated rings. The van der Waals surface area contributed by atoms with Crippen LogP contribution in [-0.2, 0) is 20.1 Å². The molecule has 6 rings (SSSR count). The van der Waals surface area contributed by atoms with Crippen molar-refractivity contribution in [2.24, 2.45) is 13.0 Å². The average molecular weight is 513 g/mol. The first-order valence-corrected chi connectivity index (χ1v) is 13.1. The van der Waals surface area contributed by atoms with Crippen LogP contribution in [0.1, 0.15) is 41.3 Å². The highest BCUT2D eigenvalue weighted by atomic mass is 35.5. The van der Waals surface area contributed by atoms with Gasteiger partial charge in [-0.05, 0) is 65.8 Å². The molecule has 2 aliphatic rings. The van der Waals surface area contributed by atoms with Crippen LogP contribution in [0.2, 0.25) is 5.15 Å². The normalized spacial score (nSPS) is 17.9. The first-order chi connectivity index (χ1) is 18.0. The van der Waals surface area contributed by atoms with Crippen LogP contribution in [0.15, 0.2) is 60.9 Å². The van der Waals surface area contributed by atoms with Gasteiger partial charge in [0.25, 0.3) is 5.91 Å². The lowest BCUT2D eigenvalue weighted by molar-refractivity contribution is 0.0996. The number of fused-ring (bicyclic) bond motifs is 1. The zero-order valence-corrected chi connectivity index (χ0v) is 21.8. The van der Waals surface area contributed by atoms with Gasteiger partial charge < -0.3 is 4.57 Å². The van der Waals surface area contributed by atoms with Gasteiger partial charge in [-0.15, -0.1) is 10.2 Å². The quantitative estimate of drug-likeness (QED) is 0.326. The van der Waals surface area contributed by atoms with Crippen molar-refractivity contribution in [2.75, 3.05) is 18.0 Å². The number of hydrogen-bond donors (Lipinski definition) is 0. The van der Waals surface area contributed by atoms with Crippen molar-refractivity contribution in [1.82, 2.24) is 24.6 Å². The maximum atomic E-state index is 13.6. The number of aromatic nitrogens is 4. The van der Waals surface area contributed by atoms with Crippen molar-refractivity contribution in [2.45, 2.75) is 32.9 Å². The fourth-order valence-corrected chi connectivity index (χ4v) is 5.79. The molecule has 2 aliphatic heterocycles. The number of rotatable bonds is 5. The SMILES string of the molecule is C[C@H]1CCCN(Cc2cc(Cl)nc(N3Cc4ccc(-c5ccccc5-c5nncn5C)cc4C3=O)c2)C1. The smallest absolute Gasteiger partial charge is 0.260 e. The Kier molecular flexibility index (Phi) is 6.26. The van der Waals surface area contributed by atoms with Gasteiger partial charge in [-0.25, -0.2) is 4.98 Å². The maximum Gasteiger partial charge on any atom is 0.260 e. The summed E-state index contributed by atoms with van der Waals surface area (Å²) in [5.41, 5.74) is 5.71. The van der Waals surface area contributed by atoms with Crippen LogP contribution < -0.4 is 4.90 Å². The molecule has 2 aromatic heterocycles. The van der Waals surface area contributed by atoms with Gasteiger partial charge in [0, 0.05) is 31.3 Å². The molecule has 4 aromatic rings. The summed E-state index contributed by atoms with van der Waals surface area (Å²) >= 11 is 6.44. The lowest BCUT2D eigenvalue weighted by atomic mass is 9.96. The molecule has 0 bridgehead atoms. The van der Waals surface area contributed by atoms with Crippen molar-refractivity contribution >= 4 is 23.3 Å². The molecule has 0 saturated carbocycles. The molecular formula is C29H29ClN6O. The van der Waals surface area contributed by atoms with E-state index in [2.05, 4.69) is 39.1 Å². The molecule has 0 aliphatic carbocycles. The van der Waals surface area contributed by atoms with Crippen LogP contribution in [-0.4, -0.2) is 43.6 Å². The lowest BCUT2D eigenvalue weighted by Gasteiger charge is -2.31. The predicted molar refractivity (Wildman–Crippen MR) is 145 cm³/mol. The summed E-state index contributed by atoms with van der Waals surface area (Å²) in [4.78, 5) is 22.3. The number of pyridine rings is 1. The Balaban J connectivity index is 1.29. The Morgan fingerprint density at radius 1 is 1.05 bits per heavy atom. The number of piperidine rings is 1. The minimum atomic E-state index is -0.0553. The number of likely N-dealkylation sites (tertiary alicyclic amines) is 1. The van der Waals surface area contributed by atoms with Crippen molar-refractivity contribution in [1.29, 1.82) is 0 Å². The summed E-state index contributed by atoms with van der Waals surface area (Å²) in [5, 5.41) is 8.74. The monoisotopic (exact) mass is 512 g/mol. The zero-order chi connectivity index (χ0) is 25.5. The number of halogens is 1. The standard InChI is InChI=1S/C29H29ClN6O/c1-19-6-5-11-35(15-19)16-20-12-26(30)32-27(13-20)36-17-22-10-9-21(14-25(22)29(36)37)23-7-3-4-8-24(23)28-33-31-18-34(28)2/h3-4,7-10,12-14,18-19H,5-6,11,15-17H2,1-2H3/t19-/m0/s1. The van der Waals surface area contributed by atoms with Crippen molar-refractivity contribution < 1.29 is 4.79 Å². The van der Waals surface area contributed by atoms with Gasteiger partial charge in [0.1, 0.15) is 17.3 Å². The van der Waals surface area contributed by atoms with E-state index in [4.69, 9.17) is 11.6 Å². The van der Waals surface area contributed by atoms with Crippen LogP contribution >= 0.6 is 11.6 Å². The van der Waals surface area contributed by atoms with E-state index in [1.807, 2.05) is 54.1 Å². The second-order valence-electron chi connectivity index (χ2n) is 10.2. The van der Waals surface area contributed by atoms with E-state index in [-0.39, 0.29) is 5.91 Å². The number of carbonyl (C=O) groups excluding carboxylic acids is 1. The molecule has 0 radical (unpaired) electrons. The van der Waals surface area contributed by atoms with E-state index in [1.165, 1.54) is 12.8 Å². The second kappa shape index (κ2) is 9.72. The molecular weight excluding hydrogens is 484 g/mol. The molecule has 1 saturated heterocycles. The number of nitrogens with zero attached hydrogens (tertiary/aromatic N) is 6. The van der Waals surface area contributed by atoms with E-state index in [1.54, 1.807) is 11.2 Å². The van der Waals surface area contributed by atoms with E-state index < -0.39 is 0 Å². The van der Waals surface area contributed by atoms with Crippen molar-refractivity contribution in [3.63, 3.8) is 0 Å². The third-order valence-electron chi connectivity index (χ3n) is 7.37.